The average molecular weight is 267 g/mol. The lowest BCUT2D eigenvalue weighted by Gasteiger charge is -2.07. The third-order valence-corrected chi connectivity index (χ3v) is 2.48. The highest BCUT2D eigenvalue weighted by atomic mass is 35.5. The van der Waals surface area contributed by atoms with Crippen LogP contribution in [0.15, 0.2) is 22.7 Å². The number of ketones is 1. The highest BCUT2D eigenvalue weighted by molar-refractivity contribution is 6.31. The van der Waals surface area contributed by atoms with Gasteiger partial charge in [0.05, 0.1) is 5.56 Å². The predicted molar refractivity (Wildman–Crippen MR) is 64.8 cm³/mol. The number of benzene rings is 1. The highest BCUT2D eigenvalue weighted by Gasteiger charge is 2.11. The lowest BCUT2D eigenvalue weighted by Crippen LogP contribution is -2.02. The number of aryl methyl sites for hydroxylation is 1. The van der Waals surface area contributed by atoms with Crippen LogP contribution in [0.4, 0.5) is 0 Å². The maximum Gasteiger partial charge on any atom is 0.264 e. The van der Waals surface area contributed by atoms with E-state index in [1.807, 2.05) is 0 Å². The van der Waals surface area contributed by atoms with Crippen LogP contribution in [0.1, 0.15) is 29.0 Å². The molecule has 0 aliphatic rings. The number of hydrogen-bond donors (Lipinski definition) is 0. The van der Waals surface area contributed by atoms with Gasteiger partial charge in [-0.15, -0.1) is 0 Å². The van der Waals surface area contributed by atoms with Gasteiger partial charge in [-0.2, -0.15) is 4.98 Å². The van der Waals surface area contributed by atoms with Crippen molar-refractivity contribution in [3.05, 3.63) is 40.5 Å². The van der Waals surface area contributed by atoms with Crippen molar-refractivity contribution in [2.75, 3.05) is 0 Å². The fraction of sp³-hybridized carbons (Fsp3) is 0.250. The van der Waals surface area contributed by atoms with Crippen molar-refractivity contribution in [1.82, 2.24) is 10.1 Å². The van der Waals surface area contributed by atoms with Gasteiger partial charge in [-0.3, -0.25) is 4.79 Å². The third kappa shape index (κ3) is 2.87. The van der Waals surface area contributed by atoms with Gasteiger partial charge >= 0.3 is 0 Å². The van der Waals surface area contributed by atoms with Crippen molar-refractivity contribution in [2.24, 2.45) is 0 Å². The molecule has 18 heavy (non-hydrogen) atoms. The molecule has 2 rings (SSSR count). The largest absolute Gasteiger partial charge is 0.483 e. The number of ether oxygens (including phenoxy) is 1. The number of carbonyl (C=O) groups is 1. The molecule has 0 fully saturated rings. The second kappa shape index (κ2) is 5.18. The summed E-state index contributed by atoms with van der Waals surface area (Å²) in [6.45, 7) is 3.29. The Morgan fingerprint density at radius 2 is 2.28 bits per heavy atom. The summed E-state index contributed by atoms with van der Waals surface area (Å²) in [5, 5.41) is 4.13. The zero-order valence-electron chi connectivity index (χ0n) is 9.94. The molecule has 0 unspecified atom stereocenters. The molecular weight excluding hydrogens is 256 g/mol. The topological polar surface area (TPSA) is 65.2 Å². The highest BCUT2D eigenvalue weighted by Crippen LogP contribution is 2.24. The SMILES string of the molecule is CC(=O)c1cc(Cl)ccc1OCc1nc(C)no1. The molecular formula is C12H11ClN2O3. The molecule has 6 heteroatoms. The molecule has 94 valence electrons. The first-order valence-electron chi connectivity index (χ1n) is 5.29. The lowest BCUT2D eigenvalue weighted by molar-refractivity contribution is 0.101. The first-order valence-corrected chi connectivity index (χ1v) is 5.66. The molecule has 0 bridgehead atoms. The number of aromatic nitrogens is 2. The maximum atomic E-state index is 11.4. The van der Waals surface area contributed by atoms with Crippen molar-refractivity contribution in [1.29, 1.82) is 0 Å². The molecule has 1 aromatic carbocycles. The Hall–Kier alpha value is -1.88. The van der Waals surface area contributed by atoms with E-state index >= 15 is 0 Å². The second-order valence-corrected chi connectivity index (χ2v) is 4.16. The molecule has 0 radical (unpaired) electrons. The molecule has 0 atom stereocenters. The van der Waals surface area contributed by atoms with E-state index in [9.17, 15) is 4.79 Å². The van der Waals surface area contributed by atoms with E-state index in [0.29, 0.717) is 28.1 Å². The Morgan fingerprint density at radius 1 is 1.50 bits per heavy atom. The Kier molecular flexibility index (Phi) is 3.62. The molecule has 1 aromatic heterocycles. The van der Waals surface area contributed by atoms with E-state index < -0.39 is 0 Å². The summed E-state index contributed by atoms with van der Waals surface area (Å²) >= 11 is 5.83. The van der Waals surface area contributed by atoms with Crippen molar-refractivity contribution in [2.45, 2.75) is 20.5 Å². The fourth-order valence-corrected chi connectivity index (χ4v) is 1.61. The maximum absolute atomic E-state index is 11.4. The van der Waals surface area contributed by atoms with Gasteiger partial charge in [0, 0.05) is 5.02 Å². The third-order valence-electron chi connectivity index (χ3n) is 2.24. The van der Waals surface area contributed by atoms with Crippen LogP contribution in [-0.2, 0) is 6.61 Å². The van der Waals surface area contributed by atoms with Crippen molar-refractivity contribution < 1.29 is 14.1 Å². The summed E-state index contributed by atoms with van der Waals surface area (Å²) in [5.74, 6) is 1.23. The van der Waals surface area contributed by atoms with Gasteiger partial charge in [-0.25, -0.2) is 0 Å². The van der Waals surface area contributed by atoms with Gasteiger partial charge in [0.2, 0.25) is 0 Å². The molecule has 0 amide bonds. The van der Waals surface area contributed by atoms with E-state index in [2.05, 4.69) is 10.1 Å². The van der Waals surface area contributed by atoms with Gasteiger partial charge in [-0.1, -0.05) is 16.8 Å². The number of rotatable bonds is 4. The van der Waals surface area contributed by atoms with E-state index in [1.54, 1.807) is 25.1 Å². The summed E-state index contributed by atoms with van der Waals surface area (Å²) in [7, 11) is 0. The second-order valence-electron chi connectivity index (χ2n) is 3.72. The molecule has 0 spiro atoms. The Morgan fingerprint density at radius 3 is 2.89 bits per heavy atom. The average Bonchev–Trinajstić information content (AvgIpc) is 2.73. The van der Waals surface area contributed by atoms with Crippen LogP contribution in [-0.4, -0.2) is 15.9 Å². The lowest BCUT2D eigenvalue weighted by atomic mass is 10.1. The smallest absolute Gasteiger partial charge is 0.264 e. The minimum atomic E-state index is -0.116. The molecule has 0 saturated carbocycles. The van der Waals surface area contributed by atoms with E-state index in [0.717, 1.165) is 0 Å². The van der Waals surface area contributed by atoms with E-state index in [4.69, 9.17) is 20.9 Å². The predicted octanol–water partition coefficient (Wildman–Crippen LogP) is 2.81. The first-order chi connectivity index (χ1) is 8.56. The van der Waals surface area contributed by atoms with Crippen molar-refractivity contribution >= 4 is 17.4 Å². The number of carbonyl (C=O) groups excluding carboxylic acids is 1. The summed E-state index contributed by atoms with van der Waals surface area (Å²) in [6.07, 6.45) is 0. The van der Waals surface area contributed by atoms with Crippen LogP contribution in [0.25, 0.3) is 0 Å². The van der Waals surface area contributed by atoms with Gasteiger partial charge in [0.15, 0.2) is 18.2 Å². The summed E-state index contributed by atoms with van der Waals surface area (Å²) in [4.78, 5) is 15.4. The van der Waals surface area contributed by atoms with Crippen LogP contribution in [0.2, 0.25) is 5.02 Å². The number of halogens is 1. The van der Waals surface area contributed by atoms with Crippen molar-refractivity contribution in [3.63, 3.8) is 0 Å². The van der Waals surface area contributed by atoms with Crippen LogP contribution in [0, 0.1) is 6.92 Å². The molecule has 0 saturated heterocycles. The molecule has 2 aromatic rings. The zero-order chi connectivity index (χ0) is 13.1. The fourth-order valence-electron chi connectivity index (χ4n) is 1.44. The Labute approximate surface area is 109 Å². The minimum Gasteiger partial charge on any atom is -0.483 e. The van der Waals surface area contributed by atoms with Crippen molar-refractivity contribution in [3.8, 4) is 5.75 Å². The number of hydrogen-bond acceptors (Lipinski definition) is 5. The summed E-state index contributed by atoms with van der Waals surface area (Å²) < 4.78 is 10.4. The standard InChI is InChI=1S/C12H11ClN2O3/c1-7(16)10-5-9(13)3-4-11(10)17-6-12-14-8(2)15-18-12/h3-5H,6H2,1-2H3. The van der Waals surface area contributed by atoms with Crippen LogP contribution < -0.4 is 4.74 Å². The number of nitrogens with zero attached hydrogens (tertiary/aromatic N) is 2. The van der Waals surface area contributed by atoms with Crippen LogP contribution in [0.5, 0.6) is 5.75 Å². The Bertz CT molecular complexity index is 580. The quantitative estimate of drug-likeness (QED) is 0.796. The first kappa shape index (κ1) is 12.6. The zero-order valence-corrected chi connectivity index (χ0v) is 10.7. The van der Waals surface area contributed by atoms with Gasteiger partial charge in [0.1, 0.15) is 5.75 Å². The van der Waals surface area contributed by atoms with E-state index in [-0.39, 0.29) is 12.4 Å². The Balaban J connectivity index is 2.16. The van der Waals surface area contributed by atoms with Crippen LogP contribution in [0.3, 0.4) is 0 Å². The van der Waals surface area contributed by atoms with Crippen LogP contribution >= 0.6 is 11.6 Å². The monoisotopic (exact) mass is 266 g/mol. The van der Waals surface area contributed by atoms with Gasteiger partial charge in [0.25, 0.3) is 5.89 Å². The summed E-state index contributed by atoms with van der Waals surface area (Å²) in [5.41, 5.74) is 0.429. The number of Topliss-reactive ketones (excluding diaryl/α,β-unsaturated/α-hetero) is 1. The van der Waals surface area contributed by atoms with E-state index in [1.165, 1.54) is 6.92 Å². The molecule has 0 aliphatic carbocycles. The molecule has 1 heterocycles. The summed E-state index contributed by atoms with van der Waals surface area (Å²) in [6, 6.07) is 4.86. The van der Waals surface area contributed by atoms with Gasteiger partial charge < -0.3 is 9.26 Å². The molecule has 0 aliphatic heterocycles. The molecule has 0 N–H and O–H groups in total. The minimum absolute atomic E-state index is 0.114. The van der Waals surface area contributed by atoms with Gasteiger partial charge in [-0.05, 0) is 32.0 Å². The molecule has 5 nitrogen and oxygen atoms in total. The normalized spacial score (nSPS) is 10.4.